The Hall–Kier alpha value is -2.00. The van der Waals surface area contributed by atoms with Crippen molar-refractivity contribution in [1.29, 1.82) is 0 Å². The number of rotatable bonds is 9. The molecule has 2 aromatic rings. The molecule has 2 fully saturated rings. The van der Waals surface area contributed by atoms with E-state index in [4.69, 9.17) is 4.74 Å². The maximum atomic E-state index is 12.2. The molecule has 0 amide bonds. The summed E-state index contributed by atoms with van der Waals surface area (Å²) in [5, 5.41) is 0. The monoisotopic (exact) mass is 480 g/mol. The van der Waals surface area contributed by atoms with E-state index >= 15 is 0 Å². The minimum atomic E-state index is -1.58. The van der Waals surface area contributed by atoms with Gasteiger partial charge < -0.3 is 4.74 Å². The Balaban J connectivity index is 1.24. The SMILES string of the molecule is CCCC(C)C1CCC(c2ccc(C3CCC(c4ccc(CCC=C(F)F)cc4)CC3)cc2)OC1. The largest absolute Gasteiger partial charge is 0.373 e. The molecule has 0 bridgehead atoms. The molecule has 3 heteroatoms. The Morgan fingerprint density at radius 2 is 1.43 bits per heavy atom. The van der Waals surface area contributed by atoms with E-state index < -0.39 is 6.08 Å². The molecule has 1 heterocycles. The first-order chi connectivity index (χ1) is 17.0. The van der Waals surface area contributed by atoms with Gasteiger partial charge in [0.15, 0.2) is 0 Å². The van der Waals surface area contributed by atoms with Crippen LogP contribution < -0.4 is 0 Å². The molecule has 0 N–H and O–H groups in total. The Morgan fingerprint density at radius 3 is 1.94 bits per heavy atom. The highest BCUT2D eigenvalue weighted by atomic mass is 19.3. The van der Waals surface area contributed by atoms with Gasteiger partial charge in [-0.15, -0.1) is 0 Å². The van der Waals surface area contributed by atoms with Crippen molar-refractivity contribution in [2.75, 3.05) is 6.61 Å². The van der Waals surface area contributed by atoms with Gasteiger partial charge in [-0.3, -0.25) is 0 Å². The van der Waals surface area contributed by atoms with Crippen LogP contribution in [0.5, 0.6) is 0 Å². The van der Waals surface area contributed by atoms with Crippen LogP contribution in [0.15, 0.2) is 60.7 Å². The highest BCUT2D eigenvalue weighted by molar-refractivity contribution is 5.29. The zero-order valence-corrected chi connectivity index (χ0v) is 21.5. The van der Waals surface area contributed by atoms with E-state index in [0.29, 0.717) is 24.7 Å². The minimum Gasteiger partial charge on any atom is -0.373 e. The Kier molecular flexibility index (Phi) is 9.54. The summed E-state index contributed by atoms with van der Waals surface area (Å²) in [5.74, 6) is 2.75. The van der Waals surface area contributed by atoms with E-state index in [-0.39, 0.29) is 6.10 Å². The van der Waals surface area contributed by atoms with Crippen molar-refractivity contribution in [3.63, 3.8) is 0 Å². The third-order valence-electron chi connectivity index (χ3n) is 8.55. The number of hydrogen-bond donors (Lipinski definition) is 0. The average Bonchev–Trinajstić information content (AvgIpc) is 2.89. The summed E-state index contributed by atoms with van der Waals surface area (Å²) >= 11 is 0. The fourth-order valence-electron chi connectivity index (χ4n) is 6.22. The Morgan fingerprint density at radius 1 is 0.857 bits per heavy atom. The van der Waals surface area contributed by atoms with E-state index in [0.717, 1.165) is 36.5 Å². The van der Waals surface area contributed by atoms with Gasteiger partial charge >= 0.3 is 0 Å². The molecule has 2 aliphatic rings. The molecule has 35 heavy (non-hydrogen) atoms. The van der Waals surface area contributed by atoms with Gasteiger partial charge in [0.25, 0.3) is 6.08 Å². The van der Waals surface area contributed by atoms with E-state index in [9.17, 15) is 8.78 Å². The predicted octanol–water partition coefficient (Wildman–Crippen LogP) is 9.74. The average molecular weight is 481 g/mol. The lowest BCUT2D eigenvalue weighted by Crippen LogP contribution is -2.25. The molecule has 0 radical (unpaired) electrons. The topological polar surface area (TPSA) is 9.23 Å². The molecule has 1 nitrogen and oxygen atoms in total. The van der Waals surface area contributed by atoms with Crippen LogP contribution in [0.1, 0.15) is 112 Å². The lowest BCUT2D eigenvalue weighted by molar-refractivity contribution is -0.0325. The van der Waals surface area contributed by atoms with Crippen LogP contribution in [-0.4, -0.2) is 6.61 Å². The lowest BCUT2D eigenvalue weighted by atomic mass is 9.76. The van der Waals surface area contributed by atoms with Gasteiger partial charge in [-0.2, -0.15) is 8.78 Å². The number of ether oxygens (including phenoxy) is 1. The second-order valence-corrected chi connectivity index (χ2v) is 10.9. The molecule has 0 aromatic heterocycles. The van der Waals surface area contributed by atoms with Crippen molar-refractivity contribution < 1.29 is 13.5 Å². The first-order valence-corrected chi connectivity index (χ1v) is 13.8. The second kappa shape index (κ2) is 12.8. The zero-order valence-electron chi connectivity index (χ0n) is 21.5. The summed E-state index contributed by atoms with van der Waals surface area (Å²) in [6, 6.07) is 18.0. The van der Waals surface area contributed by atoms with Gasteiger partial charge in [0.1, 0.15) is 0 Å². The van der Waals surface area contributed by atoms with Gasteiger partial charge in [-0.05, 0) is 103 Å². The van der Waals surface area contributed by atoms with Crippen molar-refractivity contribution in [2.24, 2.45) is 11.8 Å². The molecular formula is C32H42F2O. The second-order valence-electron chi connectivity index (χ2n) is 10.9. The number of halogens is 2. The third kappa shape index (κ3) is 7.26. The van der Waals surface area contributed by atoms with Gasteiger partial charge in [-0.25, -0.2) is 0 Å². The van der Waals surface area contributed by atoms with Gasteiger partial charge in [0.05, 0.1) is 12.7 Å². The first kappa shape index (κ1) is 26.1. The van der Waals surface area contributed by atoms with Gasteiger partial charge in [0, 0.05) is 0 Å². The first-order valence-electron chi connectivity index (χ1n) is 13.8. The van der Waals surface area contributed by atoms with Crippen LogP contribution in [0, 0.1) is 11.8 Å². The van der Waals surface area contributed by atoms with Crippen LogP contribution in [0.25, 0.3) is 0 Å². The molecule has 0 spiro atoms. The Labute approximate surface area is 211 Å². The fraction of sp³-hybridized carbons (Fsp3) is 0.562. The van der Waals surface area contributed by atoms with Crippen LogP contribution in [0.4, 0.5) is 8.78 Å². The molecule has 4 rings (SSSR count). The number of hydrogen-bond acceptors (Lipinski definition) is 1. The summed E-state index contributed by atoms with van der Waals surface area (Å²) in [4.78, 5) is 0. The van der Waals surface area contributed by atoms with Crippen LogP contribution in [0.2, 0.25) is 0 Å². The molecular weight excluding hydrogens is 438 g/mol. The molecule has 1 aliphatic heterocycles. The van der Waals surface area contributed by atoms with E-state index in [1.807, 2.05) is 0 Å². The molecule has 3 atom stereocenters. The smallest absolute Gasteiger partial charge is 0.266 e. The highest BCUT2D eigenvalue weighted by Gasteiger charge is 2.27. The standard InChI is InChI=1S/C32H42F2O/c1-3-5-23(2)30-20-21-31(35-22-30)29-18-16-28(17-19-29)27-14-12-26(13-15-27)25-10-8-24(9-11-25)6-4-7-32(33)34/h7-11,16-19,23,26-27,30-31H,3-6,12-15,20-22H2,1-2H3. The molecule has 2 aromatic carbocycles. The maximum Gasteiger partial charge on any atom is 0.266 e. The maximum absolute atomic E-state index is 12.2. The van der Waals surface area contributed by atoms with Gasteiger partial charge in [-0.1, -0.05) is 75.2 Å². The minimum absolute atomic E-state index is 0.264. The number of benzene rings is 2. The van der Waals surface area contributed by atoms with Crippen LogP contribution >= 0.6 is 0 Å². The summed E-state index contributed by atoms with van der Waals surface area (Å²) in [7, 11) is 0. The normalized spacial score (nSPS) is 25.7. The van der Waals surface area contributed by atoms with Crippen molar-refractivity contribution in [3.8, 4) is 0 Å². The van der Waals surface area contributed by atoms with Crippen LogP contribution in [-0.2, 0) is 11.2 Å². The van der Waals surface area contributed by atoms with E-state index in [1.54, 1.807) is 0 Å². The summed E-state index contributed by atoms with van der Waals surface area (Å²) in [5.41, 5.74) is 5.35. The molecule has 3 unspecified atom stereocenters. The van der Waals surface area contributed by atoms with E-state index in [2.05, 4.69) is 62.4 Å². The fourth-order valence-corrected chi connectivity index (χ4v) is 6.22. The quantitative estimate of drug-likeness (QED) is 0.347. The zero-order chi connectivity index (χ0) is 24.6. The highest BCUT2D eigenvalue weighted by Crippen LogP contribution is 2.41. The summed E-state index contributed by atoms with van der Waals surface area (Å²) in [6.07, 6.45) is 10.6. The predicted molar refractivity (Wildman–Crippen MR) is 141 cm³/mol. The summed E-state index contributed by atoms with van der Waals surface area (Å²) < 4.78 is 30.7. The Bertz CT molecular complexity index is 913. The van der Waals surface area contributed by atoms with Gasteiger partial charge in [0.2, 0.25) is 0 Å². The number of aryl methyl sites for hydroxylation is 1. The van der Waals surface area contributed by atoms with Crippen molar-refractivity contribution >= 4 is 0 Å². The van der Waals surface area contributed by atoms with E-state index in [1.165, 1.54) is 61.6 Å². The van der Waals surface area contributed by atoms with Crippen molar-refractivity contribution in [1.82, 2.24) is 0 Å². The molecule has 1 saturated heterocycles. The van der Waals surface area contributed by atoms with Crippen molar-refractivity contribution in [3.05, 3.63) is 82.9 Å². The third-order valence-corrected chi connectivity index (χ3v) is 8.55. The lowest BCUT2D eigenvalue weighted by Gasteiger charge is -2.33. The van der Waals surface area contributed by atoms with Crippen molar-refractivity contribution in [2.45, 2.75) is 96.0 Å². The molecule has 190 valence electrons. The summed E-state index contributed by atoms with van der Waals surface area (Å²) in [6.45, 7) is 5.57. The molecule has 1 saturated carbocycles. The number of allylic oxidation sites excluding steroid dienone is 1. The molecule has 1 aliphatic carbocycles. The van der Waals surface area contributed by atoms with Crippen LogP contribution in [0.3, 0.4) is 0 Å².